The molecule has 2 amide bonds. The zero-order valence-corrected chi connectivity index (χ0v) is 15.8. The number of pyridine rings is 1. The van der Waals surface area contributed by atoms with Gasteiger partial charge in [-0.25, -0.2) is 0 Å². The fourth-order valence-electron chi connectivity index (χ4n) is 4.22. The van der Waals surface area contributed by atoms with Crippen LogP contribution in [0.25, 0.3) is 0 Å². The topological polar surface area (TPSA) is 71.5 Å². The Balaban J connectivity index is 1.35. The van der Waals surface area contributed by atoms with Crippen LogP contribution in [0.4, 0.5) is 0 Å². The molecule has 1 unspecified atom stereocenters. The average molecular weight is 379 g/mol. The monoisotopic (exact) mass is 379 g/mol. The van der Waals surface area contributed by atoms with Crippen LogP contribution in [0.2, 0.25) is 0 Å². The van der Waals surface area contributed by atoms with Gasteiger partial charge in [0, 0.05) is 37.4 Å². The summed E-state index contributed by atoms with van der Waals surface area (Å²) in [7, 11) is 0. The first kappa shape index (κ1) is 18.5. The molecule has 1 saturated carbocycles. The number of hydrogen-bond acceptors (Lipinski definition) is 4. The van der Waals surface area contributed by atoms with Gasteiger partial charge < -0.3 is 15.0 Å². The second-order valence-electron chi connectivity index (χ2n) is 7.72. The quantitative estimate of drug-likeness (QED) is 0.837. The summed E-state index contributed by atoms with van der Waals surface area (Å²) in [6.45, 7) is 1.61. The first-order chi connectivity index (χ1) is 13.7. The Morgan fingerprint density at radius 3 is 2.57 bits per heavy atom. The first-order valence-electron chi connectivity index (χ1n) is 9.79. The Hall–Kier alpha value is -2.89. The molecule has 1 aliphatic carbocycles. The first-order valence-corrected chi connectivity index (χ1v) is 9.79. The number of rotatable bonds is 6. The Morgan fingerprint density at radius 2 is 1.89 bits per heavy atom. The molecule has 1 aromatic carbocycles. The molecule has 0 radical (unpaired) electrons. The van der Waals surface area contributed by atoms with E-state index in [1.54, 1.807) is 17.3 Å². The molecule has 28 heavy (non-hydrogen) atoms. The maximum Gasteiger partial charge on any atom is 0.260 e. The lowest BCUT2D eigenvalue weighted by molar-refractivity contribution is -0.133. The largest absolute Gasteiger partial charge is 0.484 e. The molecule has 1 spiro atoms. The third-order valence-corrected chi connectivity index (χ3v) is 5.99. The number of hydrogen-bond donors (Lipinski definition) is 1. The highest BCUT2D eigenvalue weighted by Crippen LogP contribution is 2.51. The Labute approximate surface area is 164 Å². The molecular weight excluding hydrogens is 354 g/mol. The van der Waals surface area contributed by atoms with E-state index in [9.17, 15) is 9.59 Å². The van der Waals surface area contributed by atoms with E-state index in [2.05, 4.69) is 10.3 Å². The lowest BCUT2D eigenvalue weighted by atomic mass is 9.62. The molecule has 6 heteroatoms. The van der Waals surface area contributed by atoms with E-state index in [1.165, 1.54) is 0 Å². The summed E-state index contributed by atoms with van der Waals surface area (Å²) >= 11 is 0. The molecule has 4 rings (SSSR count). The number of carbonyl (C=O) groups is 2. The fourth-order valence-corrected chi connectivity index (χ4v) is 4.22. The second kappa shape index (κ2) is 8.00. The highest BCUT2D eigenvalue weighted by atomic mass is 16.5. The maximum atomic E-state index is 12.9. The van der Waals surface area contributed by atoms with Crippen LogP contribution in [-0.2, 0) is 16.1 Å². The van der Waals surface area contributed by atoms with Crippen LogP contribution in [0, 0.1) is 11.3 Å². The molecule has 1 saturated heterocycles. The highest BCUT2D eigenvalue weighted by molar-refractivity contribution is 5.83. The van der Waals surface area contributed by atoms with Crippen LogP contribution in [0.15, 0.2) is 54.9 Å². The fraction of sp³-hybridized carbons (Fsp3) is 0.409. The zero-order valence-electron chi connectivity index (χ0n) is 15.8. The molecule has 1 aliphatic heterocycles. The summed E-state index contributed by atoms with van der Waals surface area (Å²) in [4.78, 5) is 31.3. The van der Waals surface area contributed by atoms with Crippen LogP contribution >= 0.6 is 0 Å². The van der Waals surface area contributed by atoms with Crippen molar-refractivity contribution < 1.29 is 14.3 Å². The Bertz CT molecular complexity index is 821. The third-order valence-electron chi connectivity index (χ3n) is 5.99. The van der Waals surface area contributed by atoms with Crippen LogP contribution in [0.3, 0.4) is 0 Å². The minimum Gasteiger partial charge on any atom is -0.484 e. The molecule has 6 nitrogen and oxygen atoms in total. The van der Waals surface area contributed by atoms with E-state index in [1.807, 2.05) is 42.5 Å². The Morgan fingerprint density at radius 1 is 1.14 bits per heavy atom. The lowest BCUT2D eigenvalue weighted by Crippen LogP contribution is -2.45. The molecule has 2 aromatic rings. The van der Waals surface area contributed by atoms with Crippen LogP contribution in [0.5, 0.6) is 5.75 Å². The van der Waals surface area contributed by atoms with Gasteiger partial charge in [0.05, 0.1) is 5.92 Å². The standard InChI is InChI=1S/C22H25N3O3/c26-20(15-28-18-5-2-1-3-6-18)25-14-19(22(16-25)9-4-10-22)21(27)24-13-17-7-11-23-12-8-17/h1-3,5-8,11-12,19H,4,9-10,13-16H2,(H,24,27). The molecular formula is C22H25N3O3. The van der Waals surface area contributed by atoms with E-state index < -0.39 is 0 Å². The van der Waals surface area contributed by atoms with Crippen LogP contribution < -0.4 is 10.1 Å². The zero-order chi connectivity index (χ0) is 19.4. The minimum absolute atomic E-state index is 0.00540. The van der Waals surface area contributed by atoms with E-state index in [0.29, 0.717) is 25.4 Å². The summed E-state index contributed by atoms with van der Waals surface area (Å²) in [6.07, 6.45) is 6.57. The van der Waals surface area contributed by atoms with E-state index >= 15 is 0 Å². The van der Waals surface area contributed by atoms with E-state index in [0.717, 1.165) is 24.8 Å². The van der Waals surface area contributed by atoms with Gasteiger partial charge in [0.25, 0.3) is 5.91 Å². The van der Waals surface area contributed by atoms with Gasteiger partial charge in [-0.1, -0.05) is 24.6 Å². The second-order valence-corrected chi connectivity index (χ2v) is 7.72. The van der Waals surface area contributed by atoms with Gasteiger partial charge in [-0.15, -0.1) is 0 Å². The molecule has 2 aliphatic rings. The van der Waals surface area contributed by atoms with Gasteiger partial charge in [-0.05, 0) is 42.7 Å². The summed E-state index contributed by atoms with van der Waals surface area (Å²) < 4.78 is 5.60. The van der Waals surface area contributed by atoms with Crippen molar-refractivity contribution in [1.82, 2.24) is 15.2 Å². The molecule has 2 fully saturated rings. The van der Waals surface area contributed by atoms with Crippen molar-refractivity contribution in [3.05, 3.63) is 60.4 Å². The Kier molecular flexibility index (Phi) is 5.28. The number of para-hydroxylation sites is 1. The van der Waals surface area contributed by atoms with Crippen molar-refractivity contribution in [2.75, 3.05) is 19.7 Å². The van der Waals surface area contributed by atoms with Gasteiger partial charge in [0.2, 0.25) is 5.91 Å². The molecule has 1 aromatic heterocycles. The smallest absolute Gasteiger partial charge is 0.260 e. The van der Waals surface area contributed by atoms with Crippen molar-refractivity contribution in [1.29, 1.82) is 0 Å². The molecule has 1 atom stereocenters. The number of nitrogens with one attached hydrogen (secondary N) is 1. The van der Waals surface area contributed by atoms with Gasteiger partial charge in [0.15, 0.2) is 6.61 Å². The summed E-state index contributed by atoms with van der Waals surface area (Å²) in [5.74, 6) is 0.513. The number of amides is 2. The number of ether oxygens (including phenoxy) is 1. The van der Waals surface area contributed by atoms with Crippen molar-refractivity contribution in [2.45, 2.75) is 25.8 Å². The molecule has 0 bridgehead atoms. The number of nitrogens with zero attached hydrogens (tertiary/aromatic N) is 2. The van der Waals surface area contributed by atoms with Crippen molar-refractivity contribution in [2.24, 2.45) is 11.3 Å². The molecule has 1 N–H and O–H groups in total. The summed E-state index contributed by atoms with van der Waals surface area (Å²) in [5.41, 5.74) is 0.957. The highest BCUT2D eigenvalue weighted by Gasteiger charge is 2.54. The molecule has 2 heterocycles. The van der Waals surface area contributed by atoms with Gasteiger partial charge in [0.1, 0.15) is 5.75 Å². The van der Waals surface area contributed by atoms with Crippen molar-refractivity contribution in [3.63, 3.8) is 0 Å². The molecule has 146 valence electrons. The summed E-state index contributed by atoms with van der Waals surface area (Å²) in [6, 6.07) is 13.1. The lowest BCUT2D eigenvalue weighted by Gasteiger charge is -2.41. The number of likely N-dealkylation sites (tertiary alicyclic amines) is 1. The van der Waals surface area contributed by atoms with E-state index in [4.69, 9.17) is 4.74 Å². The normalized spacial score (nSPS) is 19.9. The third kappa shape index (κ3) is 3.86. The van der Waals surface area contributed by atoms with Crippen LogP contribution in [-0.4, -0.2) is 41.4 Å². The number of aromatic nitrogens is 1. The summed E-state index contributed by atoms with van der Waals surface area (Å²) in [5, 5.41) is 3.05. The van der Waals surface area contributed by atoms with Gasteiger partial charge in [-0.2, -0.15) is 0 Å². The number of benzene rings is 1. The minimum atomic E-state index is -0.149. The van der Waals surface area contributed by atoms with Crippen molar-refractivity contribution >= 4 is 11.8 Å². The van der Waals surface area contributed by atoms with Crippen LogP contribution in [0.1, 0.15) is 24.8 Å². The SMILES string of the molecule is O=C(NCc1ccncc1)C1CN(C(=O)COc2ccccc2)CC12CCC2. The number of carbonyl (C=O) groups excluding carboxylic acids is 2. The van der Waals surface area contributed by atoms with Gasteiger partial charge >= 0.3 is 0 Å². The van der Waals surface area contributed by atoms with Crippen molar-refractivity contribution in [3.8, 4) is 5.75 Å². The van der Waals surface area contributed by atoms with E-state index in [-0.39, 0.29) is 29.8 Å². The predicted molar refractivity (Wildman–Crippen MR) is 104 cm³/mol. The predicted octanol–water partition coefficient (Wildman–Crippen LogP) is 2.41. The maximum absolute atomic E-state index is 12.9. The average Bonchev–Trinajstić information content (AvgIpc) is 3.14. The van der Waals surface area contributed by atoms with Gasteiger partial charge in [-0.3, -0.25) is 14.6 Å².